The van der Waals surface area contributed by atoms with Crippen LogP contribution in [0.2, 0.25) is 0 Å². The average molecular weight is 150 g/mol. The topological polar surface area (TPSA) is 35.8 Å². The largest absolute Gasteiger partial charge is 0.313 e. The summed E-state index contributed by atoms with van der Waals surface area (Å²) >= 11 is 0. The van der Waals surface area contributed by atoms with Crippen LogP contribution in [0.1, 0.15) is 25.7 Å². The first-order chi connectivity index (χ1) is 5.43. The first kappa shape index (κ1) is 8.29. The highest BCUT2D eigenvalue weighted by Gasteiger charge is 2.07. The van der Waals surface area contributed by atoms with Gasteiger partial charge >= 0.3 is 0 Å². The van der Waals surface area contributed by atoms with Crippen molar-refractivity contribution in [3.8, 4) is 6.07 Å². The van der Waals surface area contributed by atoms with E-state index in [1.54, 1.807) is 0 Å². The van der Waals surface area contributed by atoms with Gasteiger partial charge < -0.3 is 5.32 Å². The van der Waals surface area contributed by atoms with Crippen LogP contribution in [0.25, 0.3) is 0 Å². The van der Waals surface area contributed by atoms with Gasteiger partial charge in [-0.1, -0.05) is 12.2 Å². The van der Waals surface area contributed by atoms with Crippen molar-refractivity contribution < 1.29 is 0 Å². The molecule has 0 saturated carbocycles. The third-order valence-electron chi connectivity index (χ3n) is 1.94. The summed E-state index contributed by atoms with van der Waals surface area (Å²) in [5.41, 5.74) is 0. The van der Waals surface area contributed by atoms with Crippen LogP contribution in [-0.2, 0) is 0 Å². The number of rotatable bonds is 3. The Balaban J connectivity index is 2.07. The molecule has 0 aromatic carbocycles. The van der Waals surface area contributed by atoms with E-state index in [2.05, 4.69) is 23.5 Å². The van der Waals surface area contributed by atoms with E-state index >= 15 is 0 Å². The van der Waals surface area contributed by atoms with Crippen molar-refractivity contribution in [3.05, 3.63) is 12.2 Å². The minimum atomic E-state index is 0.619. The molecule has 1 unspecified atom stereocenters. The minimum Gasteiger partial charge on any atom is -0.313 e. The van der Waals surface area contributed by atoms with E-state index in [1.165, 1.54) is 12.8 Å². The summed E-state index contributed by atoms with van der Waals surface area (Å²) in [6.07, 6.45) is 8.60. The second kappa shape index (κ2) is 4.92. The van der Waals surface area contributed by atoms with E-state index in [1.807, 2.05) is 0 Å². The normalized spacial score (nSPS) is 23.0. The van der Waals surface area contributed by atoms with Crippen molar-refractivity contribution in [1.29, 1.82) is 5.26 Å². The maximum Gasteiger partial charge on any atom is 0.0635 e. The maximum atomic E-state index is 8.29. The van der Waals surface area contributed by atoms with E-state index < -0.39 is 0 Å². The fourth-order valence-corrected chi connectivity index (χ4v) is 1.31. The molecule has 0 amide bonds. The molecule has 1 rings (SSSR count). The highest BCUT2D eigenvalue weighted by molar-refractivity contribution is 4.93. The molecule has 60 valence electrons. The van der Waals surface area contributed by atoms with E-state index in [9.17, 15) is 0 Å². The van der Waals surface area contributed by atoms with Crippen LogP contribution in [0.4, 0.5) is 0 Å². The lowest BCUT2D eigenvalue weighted by Gasteiger charge is -2.18. The van der Waals surface area contributed by atoms with Gasteiger partial charge in [0.25, 0.3) is 0 Å². The summed E-state index contributed by atoms with van der Waals surface area (Å²) in [5, 5.41) is 11.6. The van der Waals surface area contributed by atoms with Gasteiger partial charge in [0.1, 0.15) is 0 Å². The molecular weight excluding hydrogens is 136 g/mol. The summed E-state index contributed by atoms with van der Waals surface area (Å²) in [4.78, 5) is 0. The molecule has 0 fully saturated rings. The summed E-state index contributed by atoms with van der Waals surface area (Å²) < 4.78 is 0. The van der Waals surface area contributed by atoms with Gasteiger partial charge in [-0.05, 0) is 19.3 Å². The number of nitrogens with zero attached hydrogens (tertiary/aromatic N) is 1. The molecule has 0 spiro atoms. The Kier molecular flexibility index (Phi) is 3.71. The predicted octanol–water partition coefficient (Wildman–Crippen LogP) is 1.60. The molecule has 1 N–H and O–H groups in total. The van der Waals surface area contributed by atoms with Crippen molar-refractivity contribution in [2.75, 3.05) is 6.54 Å². The fourth-order valence-electron chi connectivity index (χ4n) is 1.31. The third-order valence-corrected chi connectivity index (χ3v) is 1.94. The number of hydrogen-bond donors (Lipinski definition) is 1. The van der Waals surface area contributed by atoms with Crippen molar-refractivity contribution in [1.82, 2.24) is 5.32 Å². The molecule has 0 bridgehead atoms. The van der Waals surface area contributed by atoms with Gasteiger partial charge in [-0.3, -0.25) is 0 Å². The molecule has 0 aromatic heterocycles. The third kappa shape index (κ3) is 3.20. The molecule has 0 aromatic rings. The zero-order valence-corrected chi connectivity index (χ0v) is 6.71. The van der Waals surface area contributed by atoms with Gasteiger partial charge in [-0.25, -0.2) is 0 Å². The number of hydrogen-bond acceptors (Lipinski definition) is 2. The predicted molar refractivity (Wildman–Crippen MR) is 45.0 cm³/mol. The van der Waals surface area contributed by atoms with Crippen LogP contribution in [0.5, 0.6) is 0 Å². The van der Waals surface area contributed by atoms with E-state index in [0.717, 1.165) is 13.0 Å². The van der Waals surface area contributed by atoms with Gasteiger partial charge in [0, 0.05) is 19.0 Å². The van der Waals surface area contributed by atoms with Crippen molar-refractivity contribution in [3.63, 3.8) is 0 Å². The molecule has 0 aliphatic heterocycles. The maximum absolute atomic E-state index is 8.29. The van der Waals surface area contributed by atoms with E-state index in [-0.39, 0.29) is 0 Å². The van der Waals surface area contributed by atoms with E-state index in [0.29, 0.717) is 12.5 Å². The quantitative estimate of drug-likeness (QED) is 0.490. The van der Waals surface area contributed by atoms with Crippen molar-refractivity contribution in [2.45, 2.75) is 31.7 Å². The lowest BCUT2D eigenvalue weighted by molar-refractivity contribution is 0.481. The lowest BCUT2D eigenvalue weighted by Crippen LogP contribution is -2.30. The monoisotopic (exact) mass is 150 g/mol. The van der Waals surface area contributed by atoms with Crippen LogP contribution in [0.15, 0.2) is 12.2 Å². The summed E-state index contributed by atoms with van der Waals surface area (Å²) in [5.74, 6) is 0. The number of nitriles is 1. The Labute approximate surface area is 67.9 Å². The van der Waals surface area contributed by atoms with Gasteiger partial charge in [0.2, 0.25) is 0 Å². The zero-order chi connectivity index (χ0) is 7.94. The highest BCUT2D eigenvalue weighted by atomic mass is 14.9. The van der Waals surface area contributed by atoms with Crippen LogP contribution < -0.4 is 5.32 Å². The smallest absolute Gasteiger partial charge is 0.0635 e. The van der Waals surface area contributed by atoms with Gasteiger partial charge in [-0.2, -0.15) is 5.26 Å². The first-order valence-corrected chi connectivity index (χ1v) is 4.19. The fraction of sp³-hybridized carbons (Fsp3) is 0.667. The van der Waals surface area contributed by atoms with Crippen LogP contribution >= 0.6 is 0 Å². The second-order valence-corrected chi connectivity index (χ2v) is 2.84. The molecule has 2 nitrogen and oxygen atoms in total. The Hall–Kier alpha value is -0.810. The molecule has 1 aliphatic rings. The molecule has 2 heteroatoms. The number of allylic oxidation sites excluding steroid dienone is 1. The Morgan fingerprint density at radius 3 is 3.09 bits per heavy atom. The molecule has 0 heterocycles. The summed E-state index contributed by atoms with van der Waals surface area (Å²) in [6.45, 7) is 0.842. The minimum absolute atomic E-state index is 0.619. The van der Waals surface area contributed by atoms with Crippen molar-refractivity contribution >= 4 is 0 Å². The van der Waals surface area contributed by atoms with Crippen LogP contribution in [0.3, 0.4) is 0 Å². The lowest BCUT2D eigenvalue weighted by atomic mass is 10.0. The van der Waals surface area contributed by atoms with Gasteiger partial charge in [-0.15, -0.1) is 0 Å². The average Bonchev–Trinajstić information content (AvgIpc) is 2.07. The standard InChI is InChI=1S/C9H14N2/c10-7-4-8-11-9-5-2-1-3-6-9/h1-2,9,11H,3-6,8H2. The second-order valence-electron chi connectivity index (χ2n) is 2.84. The molecule has 0 radical (unpaired) electrons. The molecule has 0 saturated heterocycles. The molecule has 1 aliphatic carbocycles. The van der Waals surface area contributed by atoms with E-state index in [4.69, 9.17) is 5.26 Å². The van der Waals surface area contributed by atoms with Crippen LogP contribution in [-0.4, -0.2) is 12.6 Å². The number of nitrogens with one attached hydrogen (secondary N) is 1. The SMILES string of the molecule is N#CCCNC1CC=CCC1. The molecule has 1 atom stereocenters. The first-order valence-electron chi connectivity index (χ1n) is 4.19. The Morgan fingerprint density at radius 2 is 2.45 bits per heavy atom. The van der Waals surface area contributed by atoms with Gasteiger partial charge in [0.15, 0.2) is 0 Å². The Morgan fingerprint density at radius 1 is 1.55 bits per heavy atom. The van der Waals surface area contributed by atoms with Crippen molar-refractivity contribution in [2.24, 2.45) is 0 Å². The summed E-state index contributed by atoms with van der Waals surface area (Å²) in [7, 11) is 0. The highest BCUT2D eigenvalue weighted by Crippen LogP contribution is 2.09. The molecular formula is C9H14N2. The Bertz CT molecular complexity index is 167. The zero-order valence-electron chi connectivity index (χ0n) is 6.71. The molecule has 11 heavy (non-hydrogen) atoms. The van der Waals surface area contributed by atoms with Gasteiger partial charge in [0.05, 0.1) is 6.07 Å². The summed E-state index contributed by atoms with van der Waals surface area (Å²) in [6, 6.07) is 2.75. The van der Waals surface area contributed by atoms with Crippen LogP contribution in [0, 0.1) is 11.3 Å².